The summed E-state index contributed by atoms with van der Waals surface area (Å²) in [6, 6.07) is 11.3. The number of ether oxygens (including phenoxy) is 1. The van der Waals surface area contributed by atoms with Crippen LogP contribution >= 0.6 is 0 Å². The lowest BCUT2D eigenvalue weighted by molar-refractivity contribution is 0.0538. The fourth-order valence-corrected chi connectivity index (χ4v) is 8.46. The fraction of sp³-hybridized carbons (Fsp3) is 0.353. The lowest BCUT2D eigenvalue weighted by Crippen LogP contribution is -2.28. The number of aromatic nitrogens is 8. The minimum Gasteiger partial charge on any atom is -0.443 e. The molecule has 0 radical (unpaired) electrons. The number of aryl methyl sites for hydroxylation is 8. The van der Waals surface area contributed by atoms with Crippen molar-refractivity contribution in [3.63, 3.8) is 0 Å². The van der Waals surface area contributed by atoms with Gasteiger partial charge in [0.25, 0.3) is 0 Å². The van der Waals surface area contributed by atoms with E-state index in [0.29, 0.717) is 56.5 Å². The molecule has 2 saturated carbocycles. The van der Waals surface area contributed by atoms with Crippen molar-refractivity contribution in [2.24, 2.45) is 0 Å². The SMILES string of the molecule is Cc1cc(C(=O)c2cc(-c3c(C)noc3C)cc3[nH]c(C4CC4)nc23)c(C)cn1.Cc1cc(C(=O)c2cc(-c3c(C)noc3C)cc3c2nc(C2CC2)n3C(=O)OC(C)(C)C)c(C)cn1. The van der Waals surface area contributed by atoms with Gasteiger partial charge in [-0.3, -0.25) is 19.6 Å². The number of benzene rings is 2. The Hall–Kier alpha value is -7.09. The van der Waals surface area contributed by atoms with Crippen LogP contribution in [-0.2, 0) is 4.74 Å². The van der Waals surface area contributed by atoms with Crippen LogP contribution in [0.2, 0.25) is 0 Å². The number of aromatic amines is 1. The molecule has 0 atom stereocenters. The molecule has 0 saturated heterocycles. The zero-order valence-electron chi connectivity index (χ0n) is 38.7. The highest BCUT2D eigenvalue weighted by Crippen LogP contribution is 2.43. The van der Waals surface area contributed by atoms with Crippen LogP contribution in [0.4, 0.5) is 4.79 Å². The van der Waals surface area contributed by atoms with Gasteiger partial charge in [-0.05, 0) is 160 Å². The Morgan fingerprint density at radius 2 is 1.15 bits per heavy atom. The van der Waals surface area contributed by atoms with E-state index in [1.165, 1.54) is 0 Å². The zero-order valence-corrected chi connectivity index (χ0v) is 38.7. The Labute approximate surface area is 376 Å². The van der Waals surface area contributed by atoms with E-state index in [9.17, 15) is 14.4 Å². The summed E-state index contributed by atoms with van der Waals surface area (Å²) in [6.45, 7) is 20.5. The molecule has 14 heteroatoms. The van der Waals surface area contributed by atoms with Crippen LogP contribution in [0.3, 0.4) is 0 Å². The largest absolute Gasteiger partial charge is 0.443 e. The summed E-state index contributed by atoms with van der Waals surface area (Å²) in [5.74, 6) is 3.37. The van der Waals surface area contributed by atoms with Gasteiger partial charge < -0.3 is 18.8 Å². The number of carbonyl (C=O) groups is 3. The summed E-state index contributed by atoms with van der Waals surface area (Å²) in [6.07, 6.45) is 7.11. The number of nitrogens with zero attached hydrogens (tertiary/aromatic N) is 7. The van der Waals surface area contributed by atoms with Gasteiger partial charge in [0.15, 0.2) is 11.6 Å². The summed E-state index contributed by atoms with van der Waals surface area (Å²) in [5, 5.41) is 8.18. The number of pyridine rings is 2. The number of fused-ring (bicyclic) bond motifs is 2. The summed E-state index contributed by atoms with van der Waals surface area (Å²) in [4.78, 5) is 62.8. The minimum absolute atomic E-state index is 0.0412. The van der Waals surface area contributed by atoms with Gasteiger partial charge in [-0.25, -0.2) is 19.3 Å². The van der Waals surface area contributed by atoms with E-state index in [4.69, 9.17) is 23.8 Å². The standard InChI is InChI=1S/C28H30N4O4.C23H22N4O2/c1-14-13-29-15(2)10-20(14)25(33)21-11-19(23-16(3)31-36-17(23)4)12-22-24(21)30-26(18-8-9-18)32(22)27(34)35-28(5,6)7;1-11-10-24-12(2)7-17(11)22(28)18-8-16(20-13(3)27-29-14(20)4)9-19-21(18)26-23(25-19)15-5-6-15/h10-13,18H,8-9H2,1-7H3;7-10,15H,5-6H2,1-4H3,(H,25,26). The lowest BCUT2D eigenvalue weighted by atomic mass is 9.94. The number of nitrogens with one attached hydrogen (secondary N) is 1. The number of hydrogen-bond acceptors (Lipinski definition) is 12. The van der Waals surface area contributed by atoms with Crippen molar-refractivity contribution in [2.75, 3.05) is 0 Å². The molecule has 2 aliphatic rings. The van der Waals surface area contributed by atoms with Crippen LogP contribution in [0.15, 0.2) is 57.8 Å². The maximum Gasteiger partial charge on any atom is 0.420 e. The lowest BCUT2D eigenvalue weighted by Gasteiger charge is -2.20. The molecule has 0 spiro atoms. The third kappa shape index (κ3) is 8.29. The molecule has 2 fully saturated rings. The second kappa shape index (κ2) is 16.2. The van der Waals surface area contributed by atoms with Crippen molar-refractivity contribution in [3.8, 4) is 22.3 Å². The predicted octanol–water partition coefficient (Wildman–Crippen LogP) is 11.2. The number of H-pyrrole nitrogens is 1. The van der Waals surface area contributed by atoms with Crippen LogP contribution in [0.25, 0.3) is 44.3 Å². The van der Waals surface area contributed by atoms with Crippen molar-refractivity contribution in [1.29, 1.82) is 0 Å². The smallest absolute Gasteiger partial charge is 0.420 e. The van der Waals surface area contributed by atoms with Gasteiger partial charge in [0.2, 0.25) is 0 Å². The normalized spacial score (nSPS) is 13.9. The molecule has 10 rings (SSSR count). The van der Waals surface area contributed by atoms with Crippen molar-refractivity contribution in [3.05, 3.63) is 128 Å². The maximum atomic E-state index is 14.0. The molecule has 332 valence electrons. The molecule has 65 heavy (non-hydrogen) atoms. The first-order valence-electron chi connectivity index (χ1n) is 22.0. The van der Waals surface area contributed by atoms with Gasteiger partial charge in [-0.15, -0.1) is 0 Å². The first kappa shape index (κ1) is 43.2. The number of rotatable bonds is 8. The summed E-state index contributed by atoms with van der Waals surface area (Å²) in [5.41, 5.74) is 12.2. The average molecular weight is 873 g/mol. The fourth-order valence-electron chi connectivity index (χ4n) is 8.46. The van der Waals surface area contributed by atoms with Gasteiger partial charge in [-0.1, -0.05) is 10.3 Å². The Morgan fingerprint density at radius 1 is 0.646 bits per heavy atom. The second-order valence-electron chi connectivity index (χ2n) is 18.6. The molecule has 0 aliphatic heterocycles. The van der Waals surface area contributed by atoms with E-state index in [2.05, 4.69) is 25.3 Å². The van der Waals surface area contributed by atoms with Gasteiger partial charge in [0.1, 0.15) is 34.3 Å². The van der Waals surface area contributed by atoms with Gasteiger partial charge in [0.05, 0.1) is 39.1 Å². The van der Waals surface area contributed by atoms with Crippen LogP contribution in [0.1, 0.15) is 147 Å². The number of imidazole rings is 2. The highest BCUT2D eigenvalue weighted by Gasteiger charge is 2.35. The maximum absolute atomic E-state index is 14.0. The quantitative estimate of drug-likeness (QED) is 0.143. The van der Waals surface area contributed by atoms with E-state index in [1.54, 1.807) is 23.0 Å². The van der Waals surface area contributed by atoms with Crippen molar-refractivity contribution < 1.29 is 28.2 Å². The average Bonchev–Trinajstić information content (AvgIpc) is 4.15. The van der Waals surface area contributed by atoms with E-state index >= 15 is 0 Å². The van der Waals surface area contributed by atoms with E-state index in [-0.39, 0.29) is 17.5 Å². The van der Waals surface area contributed by atoms with Gasteiger partial charge in [-0.2, -0.15) is 0 Å². The summed E-state index contributed by atoms with van der Waals surface area (Å²) < 4.78 is 18.1. The van der Waals surface area contributed by atoms with E-state index < -0.39 is 11.7 Å². The Kier molecular flexibility index (Phi) is 10.7. The monoisotopic (exact) mass is 872 g/mol. The molecule has 2 aromatic carbocycles. The highest BCUT2D eigenvalue weighted by atomic mass is 16.6. The van der Waals surface area contributed by atoms with Crippen LogP contribution in [-0.4, -0.2) is 63.1 Å². The molecule has 0 amide bonds. The van der Waals surface area contributed by atoms with Crippen molar-refractivity contribution >= 4 is 39.7 Å². The van der Waals surface area contributed by atoms with Crippen LogP contribution in [0.5, 0.6) is 0 Å². The molecule has 2 aliphatic carbocycles. The Morgan fingerprint density at radius 3 is 1.63 bits per heavy atom. The van der Waals surface area contributed by atoms with Crippen LogP contribution in [0, 0.1) is 55.4 Å². The molecule has 1 N–H and O–H groups in total. The van der Waals surface area contributed by atoms with Gasteiger partial charge in [0, 0.05) is 57.9 Å². The summed E-state index contributed by atoms with van der Waals surface area (Å²) in [7, 11) is 0. The number of carbonyl (C=O) groups excluding carboxylic acids is 3. The topological polar surface area (TPSA) is 185 Å². The van der Waals surface area contributed by atoms with Crippen LogP contribution < -0.4 is 0 Å². The Balaban J connectivity index is 0.000000168. The molecule has 6 aromatic heterocycles. The van der Waals surface area contributed by atoms with E-state index in [0.717, 1.165) is 98.8 Å². The summed E-state index contributed by atoms with van der Waals surface area (Å²) >= 11 is 0. The van der Waals surface area contributed by atoms with Gasteiger partial charge >= 0.3 is 6.09 Å². The van der Waals surface area contributed by atoms with Crippen molar-refractivity contribution in [2.45, 2.75) is 119 Å². The third-order valence-electron chi connectivity index (χ3n) is 12.0. The zero-order chi connectivity index (χ0) is 46.2. The first-order valence-corrected chi connectivity index (χ1v) is 22.0. The molecule has 8 aromatic rings. The predicted molar refractivity (Wildman–Crippen MR) is 246 cm³/mol. The molecular weight excluding hydrogens is 821 g/mol. The first-order chi connectivity index (χ1) is 30.9. The molecule has 14 nitrogen and oxygen atoms in total. The number of ketones is 2. The molecule has 6 heterocycles. The van der Waals surface area contributed by atoms with Crippen molar-refractivity contribution in [1.82, 2.24) is 39.8 Å². The highest BCUT2D eigenvalue weighted by molar-refractivity contribution is 6.18. The molecule has 0 bridgehead atoms. The van der Waals surface area contributed by atoms with E-state index in [1.807, 2.05) is 106 Å². The minimum atomic E-state index is -0.682. The second-order valence-corrected chi connectivity index (χ2v) is 18.6. The number of hydrogen-bond donors (Lipinski definition) is 1. The third-order valence-corrected chi connectivity index (χ3v) is 12.0. The molecular formula is C51H52N8O6. The molecule has 0 unspecified atom stereocenters. The Bertz CT molecular complexity index is 3200.